The van der Waals surface area contributed by atoms with Gasteiger partial charge in [-0.1, -0.05) is 36.8 Å². The topological polar surface area (TPSA) is 64.6 Å². The van der Waals surface area contributed by atoms with Gasteiger partial charge >= 0.3 is 6.09 Å². The van der Waals surface area contributed by atoms with Gasteiger partial charge < -0.3 is 14.8 Å². The van der Waals surface area contributed by atoms with Crippen molar-refractivity contribution in [1.82, 2.24) is 5.32 Å². The molecule has 0 saturated carbocycles. The molecular formula is C15H21NO4. The van der Waals surface area contributed by atoms with E-state index >= 15 is 0 Å². The molecule has 0 aliphatic rings. The van der Waals surface area contributed by atoms with E-state index in [0.717, 1.165) is 31.2 Å². The van der Waals surface area contributed by atoms with Gasteiger partial charge in [-0.25, -0.2) is 4.79 Å². The molecule has 0 fully saturated rings. The van der Waals surface area contributed by atoms with Crippen molar-refractivity contribution < 1.29 is 19.1 Å². The molecule has 0 aliphatic heterocycles. The first kappa shape index (κ1) is 16.0. The van der Waals surface area contributed by atoms with Crippen LogP contribution in [0, 0.1) is 0 Å². The van der Waals surface area contributed by atoms with Gasteiger partial charge in [0.25, 0.3) is 6.47 Å². The van der Waals surface area contributed by atoms with E-state index in [0.29, 0.717) is 19.6 Å². The number of carbonyl (C=O) groups excluding carboxylic acids is 2. The van der Waals surface area contributed by atoms with Crippen molar-refractivity contribution >= 4 is 12.6 Å². The van der Waals surface area contributed by atoms with E-state index in [1.165, 1.54) is 0 Å². The lowest BCUT2D eigenvalue weighted by Gasteiger charge is -2.07. The molecule has 0 atom stereocenters. The van der Waals surface area contributed by atoms with Crippen molar-refractivity contribution in [2.75, 3.05) is 13.2 Å². The molecule has 5 heteroatoms. The maximum absolute atomic E-state index is 11.4. The summed E-state index contributed by atoms with van der Waals surface area (Å²) in [5.74, 6) is 0. The van der Waals surface area contributed by atoms with Gasteiger partial charge in [0.2, 0.25) is 0 Å². The molecule has 0 radical (unpaired) electrons. The molecule has 1 N–H and O–H groups in total. The summed E-state index contributed by atoms with van der Waals surface area (Å²) in [5.41, 5.74) is 0.970. The smallest absolute Gasteiger partial charge is 0.407 e. The standard InChI is InChI=1S/C15H21NO4/c17-13-19-11-7-2-1-6-10-16-15(18)20-12-14-8-4-3-5-9-14/h3-5,8-9,13H,1-2,6-7,10-12H2,(H,16,18). The van der Waals surface area contributed by atoms with Crippen LogP contribution < -0.4 is 5.32 Å². The fraction of sp³-hybridized carbons (Fsp3) is 0.467. The third-order valence-electron chi connectivity index (χ3n) is 2.74. The summed E-state index contributed by atoms with van der Waals surface area (Å²) in [7, 11) is 0. The van der Waals surface area contributed by atoms with E-state index in [1.807, 2.05) is 30.3 Å². The first-order valence-electron chi connectivity index (χ1n) is 6.82. The van der Waals surface area contributed by atoms with Crippen LogP contribution in [0.1, 0.15) is 31.2 Å². The highest BCUT2D eigenvalue weighted by Gasteiger charge is 2.01. The van der Waals surface area contributed by atoms with Gasteiger partial charge in [-0.15, -0.1) is 0 Å². The first-order valence-corrected chi connectivity index (χ1v) is 6.82. The number of unbranched alkanes of at least 4 members (excludes halogenated alkanes) is 3. The summed E-state index contributed by atoms with van der Waals surface area (Å²) in [6.07, 6.45) is 3.33. The number of ether oxygens (including phenoxy) is 2. The van der Waals surface area contributed by atoms with Crippen LogP contribution in [-0.2, 0) is 20.9 Å². The minimum atomic E-state index is -0.391. The van der Waals surface area contributed by atoms with Crippen molar-refractivity contribution in [3.05, 3.63) is 35.9 Å². The molecule has 1 aromatic rings. The second-order valence-corrected chi connectivity index (χ2v) is 4.37. The van der Waals surface area contributed by atoms with Gasteiger partial charge in [0.15, 0.2) is 0 Å². The number of hydrogen-bond acceptors (Lipinski definition) is 4. The Morgan fingerprint density at radius 1 is 1.10 bits per heavy atom. The quantitative estimate of drug-likeness (QED) is 0.528. The van der Waals surface area contributed by atoms with Gasteiger partial charge in [0, 0.05) is 6.54 Å². The van der Waals surface area contributed by atoms with Gasteiger partial charge in [-0.3, -0.25) is 4.79 Å². The third kappa shape index (κ3) is 8.13. The summed E-state index contributed by atoms with van der Waals surface area (Å²) in [4.78, 5) is 21.3. The van der Waals surface area contributed by atoms with Crippen molar-refractivity contribution in [2.45, 2.75) is 32.3 Å². The summed E-state index contributed by atoms with van der Waals surface area (Å²) in [6, 6.07) is 9.56. The first-order chi connectivity index (χ1) is 9.83. The van der Waals surface area contributed by atoms with E-state index in [-0.39, 0.29) is 6.61 Å². The highest BCUT2D eigenvalue weighted by molar-refractivity contribution is 5.67. The van der Waals surface area contributed by atoms with E-state index in [1.54, 1.807) is 0 Å². The Labute approximate surface area is 119 Å². The van der Waals surface area contributed by atoms with Gasteiger partial charge in [-0.05, 0) is 24.8 Å². The van der Waals surface area contributed by atoms with E-state index in [9.17, 15) is 9.59 Å². The van der Waals surface area contributed by atoms with Crippen LogP contribution in [0.5, 0.6) is 0 Å². The lowest BCUT2D eigenvalue weighted by Crippen LogP contribution is -2.25. The Morgan fingerprint density at radius 3 is 2.60 bits per heavy atom. The third-order valence-corrected chi connectivity index (χ3v) is 2.74. The van der Waals surface area contributed by atoms with Gasteiger partial charge in [0.1, 0.15) is 6.61 Å². The molecule has 1 amide bonds. The number of benzene rings is 1. The fourth-order valence-electron chi connectivity index (χ4n) is 1.68. The van der Waals surface area contributed by atoms with Gasteiger partial charge in [0.05, 0.1) is 6.61 Å². The number of carbonyl (C=O) groups is 2. The zero-order chi connectivity index (χ0) is 14.5. The predicted molar refractivity (Wildman–Crippen MR) is 75.1 cm³/mol. The zero-order valence-corrected chi connectivity index (χ0v) is 11.5. The number of rotatable bonds is 10. The highest BCUT2D eigenvalue weighted by atomic mass is 16.5. The molecule has 0 saturated heterocycles. The van der Waals surface area contributed by atoms with Crippen molar-refractivity contribution in [3.63, 3.8) is 0 Å². The number of nitrogens with one attached hydrogen (secondary N) is 1. The molecule has 5 nitrogen and oxygen atoms in total. The Morgan fingerprint density at radius 2 is 1.85 bits per heavy atom. The number of amides is 1. The van der Waals surface area contributed by atoms with Crippen LogP contribution in [0.4, 0.5) is 4.79 Å². The Hall–Kier alpha value is -2.04. The van der Waals surface area contributed by atoms with Gasteiger partial charge in [-0.2, -0.15) is 0 Å². The van der Waals surface area contributed by atoms with Crippen LogP contribution in [-0.4, -0.2) is 25.7 Å². The molecule has 0 unspecified atom stereocenters. The lowest BCUT2D eigenvalue weighted by atomic mass is 10.2. The second-order valence-electron chi connectivity index (χ2n) is 4.37. The number of hydrogen-bond donors (Lipinski definition) is 1. The molecular weight excluding hydrogens is 258 g/mol. The van der Waals surface area contributed by atoms with Crippen LogP contribution in [0.3, 0.4) is 0 Å². The molecule has 1 aromatic carbocycles. The monoisotopic (exact) mass is 279 g/mol. The molecule has 0 spiro atoms. The van der Waals surface area contributed by atoms with E-state index in [4.69, 9.17) is 4.74 Å². The largest absolute Gasteiger partial charge is 0.468 e. The molecule has 20 heavy (non-hydrogen) atoms. The average molecular weight is 279 g/mol. The normalized spacial score (nSPS) is 9.80. The summed E-state index contributed by atoms with van der Waals surface area (Å²) in [5, 5.41) is 2.71. The van der Waals surface area contributed by atoms with Crippen molar-refractivity contribution in [3.8, 4) is 0 Å². The molecule has 0 aliphatic carbocycles. The van der Waals surface area contributed by atoms with Crippen LogP contribution in [0.15, 0.2) is 30.3 Å². The molecule has 0 aromatic heterocycles. The molecule has 1 rings (SSSR count). The Balaban J connectivity index is 1.94. The average Bonchev–Trinajstić information content (AvgIpc) is 2.49. The van der Waals surface area contributed by atoms with E-state index < -0.39 is 6.09 Å². The summed E-state index contributed by atoms with van der Waals surface area (Å²) < 4.78 is 9.66. The fourth-order valence-corrected chi connectivity index (χ4v) is 1.68. The predicted octanol–water partition coefficient (Wildman–Crippen LogP) is 2.65. The minimum absolute atomic E-state index is 0.287. The molecule has 110 valence electrons. The highest BCUT2D eigenvalue weighted by Crippen LogP contribution is 2.01. The van der Waals surface area contributed by atoms with Crippen LogP contribution >= 0.6 is 0 Å². The van der Waals surface area contributed by atoms with Crippen molar-refractivity contribution in [1.29, 1.82) is 0 Å². The van der Waals surface area contributed by atoms with E-state index in [2.05, 4.69) is 10.1 Å². The minimum Gasteiger partial charge on any atom is -0.468 e. The SMILES string of the molecule is O=COCCCCCCNC(=O)OCc1ccccc1. The maximum Gasteiger partial charge on any atom is 0.407 e. The van der Waals surface area contributed by atoms with Crippen LogP contribution in [0.2, 0.25) is 0 Å². The zero-order valence-electron chi connectivity index (χ0n) is 11.5. The Kier molecular flexibility index (Phi) is 8.68. The molecule has 0 heterocycles. The summed E-state index contributed by atoms with van der Waals surface area (Å²) in [6.45, 7) is 1.82. The second kappa shape index (κ2) is 10.8. The van der Waals surface area contributed by atoms with Crippen molar-refractivity contribution in [2.24, 2.45) is 0 Å². The Bertz CT molecular complexity index is 381. The summed E-state index contributed by atoms with van der Waals surface area (Å²) >= 11 is 0. The maximum atomic E-state index is 11.4. The lowest BCUT2D eigenvalue weighted by molar-refractivity contribution is -0.128. The number of alkyl carbamates (subject to hydrolysis) is 1. The molecule has 0 bridgehead atoms. The van der Waals surface area contributed by atoms with Crippen LogP contribution in [0.25, 0.3) is 0 Å².